The Hall–Kier alpha value is -1.74. The molecule has 2 rings (SSSR count). The molecule has 0 saturated carbocycles. The average Bonchev–Trinajstić information content (AvgIpc) is 2.56. The van der Waals surface area contributed by atoms with Crippen molar-refractivity contribution in [1.82, 2.24) is 4.90 Å². The summed E-state index contributed by atoms with van der Waals surface area (Å²) < 4.78 is 0. The maximum Gasteiger partial charge on any atom is 0.253 e. The van der Waals surface area contributed by atoms with Gasteiger partial charge >= 0.3 is 0 Å². The van der Waals surface area contributed by atoms with Crippen LogP contribution in [0.4, 0.5) is 0 Å². The van der Waals surface area contributed by atoms with Crippen molar-refractivity contribution in [3.63, 3.8) is 0 Å². The van der Waals surface area contributed by atoms with E-state index in [9.17, 15) is 4.79 Å². The highest BCUT2D eigenvalue weighted by Crippen LogP contribution is 2.16. The van der Waals surface area contributed by atoms with Crippen LogP contribution in [0.25, 0.3) is 0 Å². The molecule has 0 heterocycles. The van der Waals surface area contributed by atoms with E-state index in [-0.39, 0.29) is 5.91 Å². The van der Waals surface area contributed by atoms with Crippen LogP contribution in [0, 0.1) is 0 Å². The number of carbonyl (C=O) groups excluding carboxylic acids is 1. The van der Waals surface area contributed by atoms with Crippen LogP contribution in [0.15, 0.2) is 59.5 Å². The Morgan fingerprint density at radius 2 is 1.71 bits per heavy atom. The summed E-state index contributed by atoms with van der Waals surface area (Å²) in [5.74, 6) is 0.112. The molecule has 0 atom stereocenters. The van der Waals surface area contributed by atoms with E-state index >= 15 is 0 Å². The van der Waals surface area contributed by atoms with Gasteiger partial charge in [0.15, 0.2) is 0 Å². The lowest BCUT2D eigenvalue weighted by atomic mass is 10.1. The second-order valence-corrected chi connectivity index (χ2v) is 5.73. The third-order valence-electron chi connectivity index (χ3n) is 3.52. The van der Waals surface area contributed by atoms with Gasteiger partial charge in [0.25, 0.3) is 5.91 Å². The molecule has 0 spiro atoms. The zero-order valence-corrected chi connectivity index (χ0v) is 13.4. The molecule has 3 heteroatoms. The van der Waals surface area contributed by atoms with Crippen molar-refractivity contribution in [2.75, 3.05) is 19.3 Å². The topological polar surface area (TPSA) is 20.3 Å². The quantitative estimate of drug-likeness (QED) is 0.748. The SMILES string of the molecule is CCN(CCc1ccccc1)C(=O)c1ccc(SC)cc1. The molecular formula is C18H21NOS. The van der Waals surface area contributed by atoms with Crippen molar-refractivity contribution in [1.29, 1.82) is 0 Å². The molecule has 0 N–H and O–H groups in total. The van der Waals surface area contributed by atoms with E-state index in [2.05, 4.69) is 12.1 Å². The normalized spacial score (nSPS) is 10.4. The first-order chi connectivity index (χ1) is 10.2. The van der Waals surface area contributed by atoms with Crippen molar-refractivity contribution >= 4 is 17.7 Å². The number of benzene rings is 2. The lowest BCUT2D eigenvalue weighted by molar-refractivity contribution is 0.0766. The molecule has 0 radical (unpaired) electrons. The molecule has 0 fully saturated rings. The van der Waals surface area contributed by atoms with E-state index in [0.29, 0.717) is 0 Å². The molecule has 0 aliphatic rings. The van der Waals surface area contributed by atoms with Gasteiger partial charge in [0.1, 0.15) is 0 Å². The number of amides is 1. The summed E-state index contributed by atoms with van der Waals surface area (Å²) in [5.41, 5.74) is 2.03. The van der Waals surface area contributed by atoms with Gasteiger partial charge in [0.2, 0.25) is 0 Å². The molecule has 2 aromatic carbocycles. The third-order valence-corrected chi connectivity index (χ3v) is 4.26. The van der Waals surface area contributed by atoms with Crippen LogP contribution >= 0.6 is 11.8 Å². The Balaban J connectivity index is 2.00. The minimum absolute atomic E-state index is 0.112. The Bertz CT molecular complexity index is 566. The van der Waals surface area contributed by atoms with Crippen LogP contribution in [0.3, 0.4) is 0 Å². The molecule has 0 bridgehead atoms. The Morgan fingerprint density at radius 1 is 1.05 bits per heavy atom. The summed E-state index contributed by atoms with van der Waals surface area (Å²) in [6, 6.07) is 18.1. The van der Waals surface area contributed by atoms with Crippen LogP contribution < -0.4 is 0 Å². The monoisotopic (exact) mass is 299 g/mol. The first-order valence-corrected chi connectivity index (χ1v) is 8.44. The van der Waals surface area contributed by atoms with Gasteiger partial charge in [-0.25, -0.2) is 0 Å². The lowest BCUT2D eigenvalue weighted by Crippen LogP contribution is -2.32. The molecule has 0 saturated heterocycles. The summed E-state index contributed by atoms with van der Waals surface area (Å²) in [6.07, 6.45) is 2.93. The molecule has 0 aromatic heterocycles. The highest BCUT2D eigenvalue weighted by atomic mass is 32.2. The fourth-order valence-electron chi connectivity index (χ4n) is 2.23. The van der Waals surface area contributed by atoms with E-state index < -0.39 is 0 Å². The number of likely N-dealkylation sites (N-methyl/N-ethyl adjacent to an activating group) is 1. The molecular weight excluding hydrogens is 278 g/mol. The number of carbonyl (C=O) groups is 1. The number of rotatable bonds is 6. The summed E-state index contributed by atoms with van der Waals surface area (Å²) in [4.78, 5) is 15.6. The van der Waals surface area contributed by atoms with Crippen LogP contribution in [-0.2, 0) is 6.42 Å². The van der Waals surface area contributed by atoms with Crippen molar-refractivity contribution in [3.05, 3.63) is 65.7 Å². The van der Waals surface area contributed by atoms with Gasteiger partial charge in [-0.1, -0.05) is 30.3 Å². The highest BCUT2D eigenvalue weighted by Gasteiger charge is 2.13. The van der Waals surface area contributed by atoms with Crippen LogP contribution in [0.2, 0.25) is 0 Å². The van der Waals surface area contributed by atoms with Gasteiger partial charge in [0.05, 0.1) is 0 Å². The molecule has 2 nitrogen and oxygen atoms in total. The van der Waals surface area contributed by atoms with Crippen molar-refractivity contribution in [2.24, 2.45) is 0 Å². The van der Waals surface area contributed by atoms with Gasteiger partial charge in [0, 0.05) is 23.5 Å². The molecule has 0 aliphatic carbocycles. The van der Waals surface area contributed by atoms with Crippen LogP contribution in [0.5, 0.6) is 0 Å². The summed E-state index contributed by atoms with van der Waals surface area (Å²) in [5, 5.41) is 0. The molecule has 0 unspecified atom stereocenters. The fraction of sp³-hybridized carbons (Fsp3) is 0.278. The molecule has 0 aliphatic heterocycles. The maximum atomic E-state index is 12.5. The second kappa shape index (κ2) is 7.89. The zero-order chi connectivity index (χ0) is 15.1. The lowest BCUT2D eigenvalue weighted by Gasteiger charge is -2.21. The first kappa shape index (κ1) is 15.6. The number of thioether (sulfide) groups is 1. The highest BCUT2D eigenvalue weighted by molar-refractivity contribution is 7.98. The fourth-order valence-corrected chi connectivity index (χ4v) is 2.64. The van der Waals surface area contributed by atoms with Crippen molar-refractivity contribution in [2.45, 2.75) is 18.2 Å². The van der Waals surface area contributed by atoms with Gasteiger partial charge in [-0.3, -0.25) is 4.79 Å². The van der Waals surface area contributed by atoms with Gasteiger partial charge < -0.3 is 4.90 Å². The maximum absolute atomic E-state index is 12.5. The number of hydrogen-bond donors (Lipinski definition) is 0. The van der Waals surface area contributed by atoms with Crippen molar-refractivity contribution < 1.29 is 4.79 Å². The third kappa shape index (κ3) is 4.36. The van der Waals surface area contributed by atoms with Gasteiger partial charge in [-0.05, 0) is 49.4 Å². The van der Waals surface area contributed by atoms with Gasteiger partial charge in [-0.2, -0.15) is 0 Å². The first-order valence-electron chi connectivity index (χ1n) is 7.22. The van der Waals surface area contributed by atoms with Crippen LogP contribution in [-0.4, -0.2) is 30.2 Å². The Labute approximate surface area is 131 Å². The molecule has 1 amide bonds. The van der Waals surface area contributed by atoms with Crippen molar-refractivity contribution in [3.8, 4) is 0 Å². The van der Waals surface area contributed by atoms with Crippen LogP contribution in [0.1, 0.15) is 22.8 Å². The largest absolute Gasteiger partial charge is 0.339 e. The minimum Gasteiger partial charge on any atom is -0.339 e. The summed E-state index contributed by atoms with van der Waals surface area (Å²) >= 11 is 1.69. The van der Waals surface area contributed by atoms with E-state index in [4.69, 9.17) is 0 Å². The van der Waals surface area contributed by atoms with E-state index in [1.165, 1.54) is 10.5 Å². The molecule has 110 valence electrons. The number of nitrogens with zero attached hydrogens (tertiary/aromatic N) is 1. The minimum atomic E-state index is 0.112. The molecule has 2 aromatic rings. The summed E-state index contributed by atoms with van der Waals surface area (Å²) in [6.45, 7) is 3.51. The van der Waals surface area contributed by atoms with E-state index in [1.54, 1.807) is 11.8 Å². The predicted molar refractivity (Wildman–Crippen MR) is 89.9 cm³/mol. The number of hydrogen-bond acceptors (Lipinski definition) is 2. The average molecular weight is 299 g/mol. The Morgan fingerprint density at radius 3 is 2.29 bits per heavy atom. The molecule has 21 heavy (non-hydrogen) atoms. The zero-order valence-electron chi connectivity index (χ0n) is 12.6. The second-order valence-electron chi connectivity index (χ2n) is 4.85. The van der Waals surface area contributed by atoms with Gasteiger partial charge in [-0.15, -0.1) is 11.8 Å². The van der Waals surface area contributed by atoms with E-state index in [0.717, 1.165) is 25.1 Å². The summed E-state index contributed by atoms with van der Waals surface area (Å²) in [7, 11) is 0. The predicted octanol–water partition coefficient (Wildman–Crippen LogP) is 4.11. The Kier molecular flexibility index (Phi) is 5.88. The smallest absolute Gasteiger partial charge is 0.253 e. The van der Waals surface area contributed by atoms with E-state index in [1.807, 2.05) is 60.5 Å². The standard InChI is InChI=1S/C18H21NOS/c1-3-19(14-13-15-7-5-4-6-8-15)18(20)16-9-11-17(21-2)12-10-16/h4-12H,3,13-14H2,1-2H3.